The molecule has 4 saturated carbocycles. The third-order valence-corrected chi connectivity index (χ3v) is 13.0. The molecule has 238 valence electrons. The molecule has 1 aromatic carbocycles. The number of alkyl halides is 4. The van der Waals surface area contributed by atoms with Crippen LogP contribution in [0.1, 0.15) is 117 Å². The number of nitrogen functional groups attached to an aromatic ring is 2. The maximum Gasteiger partial charge on any atom is 0.424 e. The van der Waals surface area contributed by atoms with Crippen LogP contribution in [0.25, 0.3) is 0 Å². The standard InChI is InChI=1S/C35H54F4N2O/c1-22(21-42-35(38,39)34(36,37)25-18-26(40)20-27(41)19-25)8-7-9-23(2)29-13-14-30-28-12-11-24-10-5-6-16-32(24,3)31(28)15-17-33(29,30)4/h18-20,22-24,28-31H,5-17,21,40-41H2,1-4H3/t22?,23-,24?,28+,29-,30+,31+,32+,33-/m1/s1. The van der Waals surface area contributed by atoms with Gasteiger partial charge in [-0.1, -0.05) is 53.4 Å². The molecular formula is C35H54F4N2O. The topological polar surface area (TPSA) is 61.3 Å². The van der Waals surface area contributed by atoms with E-state index in [9.17, 15) is 17.6 Å². The highest BCUT2D eigenvalue weighted by Crippen LogP contribution is 2.68. The van der Waals surface area contributed by atoms with Crippen molar-refractivity contribution < 1.29 is 22.3 Å². The minimum absolute atomic E-state index is 0.0932. The molecule has 4 fully saturated rings. The van der Waals surface area contributed by atoms with Crippen molar-refractivity contribution in [3.8, 4) is 0 Å². The van der Waals surface area contributed by atoms with E-state index in [1.165, 1.54) is 70.3 Å². The van der Waals surface area contributed by atoms with Gasteiger partial charge in [-0.25, -0.2) is 0 Å². The Hall–Kier alpha value is -1.50. The Morgan fingerprint density at radius 2 is 1.52 bits per heavy atom. The van der Waals surface area contributed by atoms with Crippen molar-refractivity contribution in [1.29, 1.82) is 0 Å². The molecule has 0 saturated heterocycles. The lowest BCUT2D eigenvalue weighted by Gasteiger charge is -2.61. The van der Waals surface area contributed by atoms with E-state index < -0.39 is 24.2 Å². The molecule has 4 aliphatic carbocycles. The highest BCUT2D eigenvalue weighted by molar-refractivity contribution is 5.55. The van der Waals surface area contributed by atoms with Crippen LogP contribution >= 0.6 is 0 Å². The lowest BCUT2D eigenvalue weighted by atomic mass is 9.44. The van der Waals surface area contributed by atoms with Gasteiger partial charge in [-0.05, 0) is 128 Å². The van der Waals surface area contributed by atoms with E-state index in [0.717, 1.165) is 48.6 Å². The Labute approximate surface area is 250 Å². The van der Waals surface area contributed by atoms with Gasteiger partial charge in [0.15, 0.2) is 0 Å². The molecule has 1 aromatic rings. The highest BCUT2D eigenvalue weighted by atomic mass is 19.3. The third kappa shape index (κ3) is 5.70. The van der Waals surface area contributed by atoms with Crippen LogP contribution in [0.4, 0.5) is 28.9 Å². The number of benzene rings is 1. The molecule has 2 unspecified atom stereocenters. The fourth-order valence-electron chi connectivity index (χ4n) is 10.7. The molecular weight excluding hydrogens is 540 g/mol. The van der Waals surface area contributed by atoms with Crippen molar-refractivity contribution in [2.24, 2.45) is 52.3 Å². The van der Waals surface area contributed by atoms with Crippen molar-refractivity contribution in [3.63, 3.8) is 0 Å². The Bertz CT molecular complexity index is 1080. The predicted molar refractivity (Wildman–Crippen MR) is 162 cm³/mol. The number of hydrogen-bond acceptors (Lipinski definition) is 3. The Kier molecular flexibility index (Phi) is 8.95. The summed E-state index contributed by atoms with van der Waals surface area (Å²) in [6, 6.07) is 2.89. The molecule has 4 aliphatic rings. The van der Waals surface area contributed by atoms with E-state index in [2.05, 4.69) is 25.5 Å². The molecule has 0 spiro atoms. The fraction of sp³-hybridized carbons (Fsp3) is 0.829. The molecule has 5 rings (SSSR count). The molecule has 0 bridgehead atoms. The lowest BCUT2D eigenvalue weighted by Crippen LogP contribution is -2.53. The van der Waals surface area contributed by atoms with Gasteiger partial charge in [-0.15, -0.1) is 0 Å². The summed E-state index contributed by atoms with van der Waals surface area (Å²) in [5.74, 6) is 0.0835. The predicted octanol–water partition coefficient (Wildman–Crippen LogP) is 10.0. The van der Waals surface area contributed by atoms with Crippen molar-refractivity contribution in [1.82, 2.24) is 0 Å². The maximum absolute atomic E-state index is 14.7. The molecule has 0 radical (unpaired) electrons. The van der Waals surface area contributed by atoms with Crippen LogP contribution in [-0.4, -0.2) is 12.7 Å². The van der Waals surface area contributed by atoms with Gasteiger partial charge in [0.05, 0.1) is 6.61 Å². The first-order chi connectivity index (χ1) is 19.7. The van der Waals surface area contributed by atoms with E-state index in [1.807, 2.05) is 0 Å². The van der Waals surface area contributed by atoms with Crippen molar-refractivity contribution >= 4 is 11.4 Å². The first-order valence-electron chi connectivity index (χ1n) is 16.7. The van der Waals surface area contributed by atoms with Crippen molar-refractivity contribution in [2.45, 2.75) is 123 Å². The Morgan fingerprint density at radius 3 is 2.24 bits per heavy atom. The number of anilines is 2. The number of nitrogens with two attached hydrogens (primary N) is 2. The lowest BCUT2D eigenvalue weighted by molar-refractivity contribution is -0.356. The molecule has 0 aliphatic heterocycles. The quantitative estimate of drug-likeness (QED) is 0.209. The van der Waals surface area contributed by atoms with Crippen LogP contribution in [0.3, 0.4) is 0 Å². The zero-order chi connectivity index (χ0) is 30.5. The number of ether oxygens (including phenoxy) is 1. The van der Waals surface area contributed by atoms with Gasteiger partial charge in [-0.3, -0.25) is 0 Å². The largest absolute Gasteiger partial charge is 0.424 e. The van der Waals surface area contributed by atoms with Gasteiger partial charge in [-0.2, -0.15) is 17.6 Å². The molecule has 9 atom stereocenters. The number of halogens is 4. The average molecular weight is 595 g/mol. The summed E-state index contributed by atoms with van der Waals surface area (Å²) in [5, 5.41) is 0. The second kappa shape index (κ2) is 11.8. The zero-order valence-corrected chi connectivity index (χ0v) is 26.2. The zero-order valence-electron chi connectivity index (χ0n) is 26.2. The van der Waals surface area contributed by atoms with Crippen LogP contribution in [0.15, 0.2) is 18.2 Å². The minimum Gasteiger partial charge on any atom is -0.399 e. The van der Waals surface area contributed by atoms with Crippen molar-refractivity contribution in [3.05, 3.63) is 23.8 Å². The van der Waals surface area contributed by atoms with Gasteiger partial charge >= 0.3 is 12.0 Å². The van der Waals surface area contributed by atoms with Crippen molar-refractivity contribution in [2.75, 3.05) is 18.1 Å². The number of fused-ring (bicyclic) bond motifs is 5. The maximum atomic E-state index is 14.7. The summed E-state index contributed by atoms with van der Waals surface area (Å²) < 4.78 is 63.0. The molecule has 4 N–H and O–H groups in total. The van der Waals surface area contributed by atoms with Crippen LogP contribution in [0.5, 0.6) is 0 Å². The normalized spacial score (nSPS) is 36.5. The summed E-state index contributed by atoms with van der Waals surface area (Å²) in [4.78, 5) is 0. The van der Waals surface area contributed by atoms with E-state index in [0.29, 0.717) is 29.1 Å². The van der Waals surface area contributed by atoms with Crippen LogP contribution in [0, 0.1) is 52.3 Å². The fourth-order valence-corrected chi connectivity index (χ4v) is 10.7. The van der Waals surface area contributed by atoms with E-state index in [4.69, 9.17) is 11.5 Å². The SMILES string of the molecule is CC(CCC[C@@H](C)[C@H]1CC[C@H]2[C@@H]3CCC4CCCC[C@]4(C)[C@H]3CC[C@]12C)COC(F)(F)C(F)(F)c1cc(N)cc(N)c1. The Morgan fingerprint density at radius 1 is 0.833 bits per heavy atom. The summed E-state index contributed by atoms with van der Waals surface area (Å²) in [7, 11) is 0. The van der Waals surface area contributed by atoms with E-state index in [-0.39, 0.29) is 17.3 Å². The van der Waals surface area contributed by atoms with Gasteiger partial charge in [0.25, 0.3) is 0 Å². The average Bonchev–Trinajstić information content (AvgIpc) is 3.28. The molecule has 0 heterocycles. The monoisotopic (exact) mass is 594 g/mol. The first-order valence-corrected chi connectivity index (χ1v) is 16.7. The van der Waals surface area contributed by atoms with Crippen LogP contribution in [0.2, 0.25) is 0 Å². The minimum atomic E-state index is -4.66. The molecule has 0 amide bonds. The molecule has 3 nitrogen and oxygen atoms in total. The summed E-state index contributed by atoms with van der Waals surface area (Å²) in [6.45, 7) is 8.98. The van der Waals surface area contributed by atoms with Gasteiger partial charge in [0, 0.05) is 16.9 Å². The molecule has 0 aromatic heterocycles. The molecule has 7 heteroatoms. The van der Waals surface area contributed by atoms with E-state index in [1.54, 1.807) is 6.92 Å². The Balaban J connectivity index is 1.11. The molecule has 42 heavy (non-hydrogen) atoms. The third-order valence-electron chi connectivity index (χ3n) is 13.0. The van der Waals surface area contributed by atoms with E-state index >= 15 is 0 Å². The van der Waals surface area contributed by atoms with Crippen LogP contribution < -0.4 is 11.5 Å². The van der Waals surface area contributed by atoms with Gasteiger partial charge in [0.2, 0.25) is 0 Å². The summed E-state index contributed by atoms with van der Waals surface area (Å²) in [6.07, 6.45) is 11.9. The summed E-state index contributed by atoms with van der Waals surface area (Å²) in [5.41, 5.74) is 10.9. The second-order valence-electron chi connectivity index (χ2n) is 15.4. The number of hydrogen-bond donors (Lipinski definition) is 2. The van der Waals surface area contributed by atoms with Gasteiger partial charge in [0.1, 0.15) is 0 Å². The highest BCUT2D eigenvalue weighted by Gasteiger charge is 2.61. The first kappa shape index (κ1) is 31.9. The van der Waals surface area contributed by atoms with Gasteiger partial charge < -0.3 is 16.2 Å². The second-order valence-corrected chi connectivity index (χ2v) is 15.4. The summed E-state index contributed by atoms with van der Waals surface area (Å²) >= 11 is 0. The van der Waals surface area contributed by atoms with Crippen LogP contribution in [-0.2, 0) is 10.7 Å². The smallest absolute Gasteiger partial charge is 0.399 e. The number of rotatable bonds is 10.